The number of benzene rings is 1. The summed E-state index contributed by atoms with van der Waals surface area (Å²) in [7, 11) is 0. The quantitative estimate of drug-likeness (QED) is 0.761. The number of hydrogen-bond acceptors (Lipinski definition) is 4. The minimum absolute atomic E-state index is 0.217. The van der Waals surface area contributed by atoms with Crippen LogP contribution in [0.15, 0.2) is 54.7 Å². The molecule has 0 amide bonds. The van der Waals surface area contributed by atoms with Gasteiger partial charge in [-0.2, -0.15) is 0 Å². The van der Waals surface area contributed by atoms with Crippen molar-refractivity contribution in [2.24, 2.45) is 0 Å². The second-order valence-corrected chi connectivity index (χ2v) is 4.58. The minimum Gasteiger partial charge on any atom is -0.506 e. The van der Waals surface area contributed by atoms with Crippen LogP contribution in [0.1, 0.15) is 11.4 Å². The Kier molecular flexibility index (Phi) is 3.56. The van der Waals surface area contributed by atoms with Crippen LogP contribution < -0.4 is 5.32 Å². The molecule has 0 aliphatic rings. The van der Waals surface area contributed by atoms with Crippen LogP contribution in [-0.2, 0) is 13.1 Å². The number of phenols is 1. The summed E-state index contributed by atoms with van der Waals surface area (Å²) in [4.78, 5) is 8.72. The number of para-hydroxylation sites is 1. The van der Waals surface area contributed by atoms with Gasteiger partial charge in [-0.1, -0.05) is 24.3 Å². The Morgan fingerprint density at radius 2 is 1.80 bits per heavy atom. The van der Waals surface area contributed by atoms with Crippen molar-refractivity contribution in [1.29, 1.82) is 0 Å². The first kappa shape index (κ1) is 12.6. The fourth-order valence-corrected chi connectivity index (χ4v) is 2.09. The van der Waals surface area contributed by atoms with E-state index < -0.39 is 0 Å². The lowest BCUT2D eigenvalue weighted by molar-refractivity contribution is 0.480. The molecule has 0 unspecified atom stereocenters. The van der Waals surface area contributed by atoms with Gasteiger partial charge in [0.25, 0.3) is 0 Å². The molecule has 4 nitrogen and oxygen atoms in total. The average Bonchev–Trinajstić information content (AvgIpc) is 2.49. The Morgan fingerprint density at radius 1 is 0.900 bits per heavy atom. The standard InChI is InChI=1S/C16H15N3O/c20-15-6-3-4-12-7-8-14(19-16(12)15)11-17-10-13-5-1-2-9-18-13/h1-9,17,20H,10-11H2. The van der Waals surface area contributed by atoms with Crippen molar-refractivity contribution >= 4 is 10.9 Å². The van der Waals surface area contributed by atoms with Crippen molar-refractivity contribution in [3.8, 4) is 5.75 Å². The van der Waals surface area contributed by atoms with Gasteiger partial charge in [-0.3, -0.25) is 4.98 Å². The summed E-state index contributed by atoms with van der Waals surface area (Å²) in [6.07, 6.45) is 1.78. The number of pyridine rings is 2. The summed E-state index contributed by atoms with van der Waals surface area (Å²) in [6.45, 7) is 1.34. The summed E-state index contributed by atoms with van der Waals surface area (Å²) < 4.78 is 0. The summed E-state index contributed by atoms with van der Waals surface area (Å²) in [5, 5.41) is 14.0. The van der Waals surface area contributed by atoms with Crippen molar-refractivity contribution < 1.29 is 5.11 Å². The SMILES string of the molecule is Oc1cccc2ccc(CNCc3ccccn3)nc12. The molecule has 0 bridgehead atoms. The molecule has 1 aromatic carbocycles. The number of phenolic OH excluding ortho intramolecular Hbond substituents is 1. The van der Waals surface area contributed by atoms with Gasteiger partial charge in [-0.25, -0.2) is 4.98 Å². The third-order valence-electron chi connectivity index (χ3n) is 3.10. The van der Waals surface area contributed by atoms with E-state index in [1.807, 2.05) is 42.5 Å². The molecule has 0 spiro atoms. The van der Waals surface area contributed by atoms with E-state index in [1.165, 1.54) is 0 Å². The molecular formula is C16H15N3O. The summed E-state index contributed by atoms with van der Waals surface area (Å²) in [6, 6.07) is 15.2. The molecule has 0 radical (unpaired) electrons. The molecule has 3 aromatic rings. The fourth-order valence-electron chi connectivity index (χ4n) is 2.09. The normalized spacial score (nSPS) is 10.8. The van der Waals surface area contributed by atoms with E-state index in [-0.39, 0.29) is 5.75 Å². The molecule has 0 saturated heterocycles. The van der Waals surface area contributed by atoms with Crippen LogP contribution in [-0.4, -0.2) is 15.1 Å². The molecule has 0 atom stereocenters. The van der Waals surface area contributed by atoms with E-state index >= 15 is 0 Å². The molecule has 100 valence electrons. The Hall–Kier alpha value is -2.46. The van der Waals surface area contributed by atoms with Crippen molar-refractivity contribution in [3.63, 3.8) is 0 Å². The Bertz CT molecular complexity index is 713. The topological polar surface area (TPSA) is 58.0 Å². The zero-order chi connectivity index (χ0) is 13.8. The van der Waals surface area contributed by atoms with Gasteiger partial charge >= 0.3 is 0 Å². The van der Waals surface area contributed by atoms with Crippen molar-refractivity contribution in [1.82, 2.24) is 15.3 Å². The predicted octanol–water partition coefficient (Wildman–Crippen LogP) is 2.63. The van der Waals surface area contributed by atoms with E-state index in [0.29, 0.717) is 18.6 Å². The molecule has 4 heteroatoms. The van der Waals surface area contributed by atoms with Gasteiger partial charge in [0.15, 0.2) is 0 Å². The van der Waals surface area contributed by atoms with Crippen LogP contribution in [0.4, 0.5) is 0 Å². The number of nitrogens with one attached hydrogen (secondary N) is 1. The maximum absolute atomic E-state index is 9.81. The molecule has 0 fully saturated rings. The number of rotatable bonds is 4. The van der Waals surface area contributed by atoms with Crippen LogP contribution in [0.25, 0.3) is 10.9 Å². The van der Waals surface area contributed by atoms with E-state index in [1.54, 1.807) is 12.3 Å². The zero-order valence-electron chi connectivity index (χ0n) is 11.0. The monoisotopic (exact) mass is 265 g/mol. The van der Waals surface area contributed by atoms with Crippen LogP contribution in [0.3, 0.4) is 0 Å². The molecule has 0 aliphatic carbocycles. The first-order valence-corrected chi connectivity index (χ1v) is 6.51. The molecule has 2 aromatic heterocycles. The summed E-state index contributed by atoms with van der Waals surface area (Å²) in [5.41, 5.74) is 2.54. The van der Waals surface area contributed by atoms with E-state index in [4.69, 9.17) is 0 Å². The van der Waals surface area contributed by atoms with Gasteiger partial charge < -0.3 is 10.4 Å². The third kappa shape index (κ3) is 2.75. The Labute approximate surface area is 117 Å². The van der Waals surface area contributed by atoms with Crippen LogP contribution in [0.5, 0.6) is 5.75 Å². The molecular weight excluding hydrogens is 250 g/mol. The Balaban J connectivity index is 1.70. The smallest absolute Gasteiger partial charge is 0.141 e. The third-order valence-corrected chi connectivity index (χ3v) is 3.10. The fraction of sp³-hybridized carbons (Fsp3) is 0.125. The van der Waals surface area contributed by atoms with Gasteiger partial charge in [0.2, 0.25) is 0 Å². The first-order chi connectivity index (χ1) is 9.83. The summed E-state index contributed by atoms with van der Waals surface area (Å²) >= 11 is 0. The zero-order valence-corrected chi connectivity index (χ0v) is 11.0. The maximum atomic E-state index is 9.81. The van der Waals surface area contributed by atoms with Crippen molar-refractivity contribution in [2.45, 2.75) is 13.1 Å². The van der Waals surface area contributed by atoms with Gasteiger partial charge in [-0.05, 0) is 24.3 Å². The number of hydrogen-bond donors (Lipinski definition) is 2. The highest BCUT2D eigenvalue weighted by Gasteiger charge is 2.02. The minimum atomic E-state index is 0.217. The van der Waals surface area contributed by atoms with Crippen molar-refractivity contribution in [3.05, 3.63) is 66.1 Å². The van der Waals surface area contributed by atoms with E-state index in [9.17, 15) is 5.11 Å². The van der Waals surface area contributed by atoms with Crippen LogP contribution in [0.2, 0.25) is 0 Å². The molecule has 2 heterocycles. The number of fused-ring (bicyclic) bond motifs is 1. The van der Waals surface area contributed by atoms with Gasteiger partial charge in [0.05, 0.1) is 11.4 Å². The number of nitrogens with zero attached hydrogens (tertiary/aromatic N) is 2. The molecule has 3 rings (SSSR count). The van der Waals surface area contributed by atoms with Crippen LogP contribution in [0, 0.1) is 0 Å². The lowest BCUT2D eigenvalue weighted by Crippen LogP contribution is -2.14. The van der Waals surface area contributed by atoms with E-state index in [0.717, 1.165) is 16.8 Å². The van der Waals surface area contributed by atoms with E-state index in [2.05, 4.69) is 15.3 Å². The molecule has 20 heavy (non-hydrogen) atoms. The molecule has 0 saturated carbocycles. The average molecular weight is 265 g/mol. The number of aromatic nitrogens is 2. The van der Waals surface area contributed by atoms with Gasteiger partial charge in [0.1, 0.15) is 11.3 Å². The summed E-state index contributed by atoms with van der Waals surface area (Å²) in [5.74, 6) is 0.217. The van der Waals surface area contributed by atoms with Crippen LogP contribution >= 0.6 is 0 Å². The molecule has 2 N–H and O–H groups in total. The molecule has 0 aliphatic heterocycles. The largest absolute Gasteiger partial charge is 0.506 e. The highest BCUT2D eigenvalue weighted by atomic mass is 16.3. The second-order valence-electron chi connectivity index (χ2n) is 4.58. The predicted molar refractivity (Wildman–Crippen MR) is 78.2 cm³/mol. The van der Waals surface area contributed by atoms with Gasteiger partial charge in [0, 0.05) is 24.7 Å². The van der Waals surface area contributed by atoms with Crippen molar-refractivity contribution in [2.75, 3.05) is 0 Å². The Morgan fingerprint density at radius 3 is 2.65 bits per heavy atom. The first-order valence-electron chi connectivity index (χ1n) is 6.51. The highest BCUT2D eigenvalue weighted by Crippen LogP contribution is 2.22. The number of aromatic hydroxyl groups is 1. The van der Waals surface area contributed by atoms with Gasteiger partial charge in [-0.15, -0.1) is 0 Å². The lowest BCUT2D eigenvalue weighted by Gasteiger charge is -2.06. The lowest BCUT2D eigenvalue weighted by atomic mass is 10.2. The highest BCUT2D eigenvalue weighted by molar-refractivity contribution is 5.84. The second kappa shape index (κ2) is 5.67. The maximum Gasteiger partial charge on any atom is 0.141 e.